The largest absolute Gasteiger partial charge is 0.489 e. The summed E-state index contributed by atoms with van der Waals surface area (Å²) in [4.78, 5) is 11.9. The summed E-state index contributed by atoms with van der Waals surface area (Å²) in [5, 5.41) is 3.55. The van der Waals surface area contributed by atoms with E-state index in [-0.39, 0.29) is 5.91 Å². The molecule has 2 rings (SSSR count). The van der Waals surface area contributed by atoms with E-state index in [0.29, 0.717) is 29.5 Å². The standard InChI is InChI=1S/C17H18ClNO2/c1-2-10-19-17(20)14-4-3-5-16(11-14)21-12-13-6-8-15(18)9-7-13/h3-9,11H,2,10,12H2,1H3,(H,19,20). The van der Waals surface area contributed by atoms with Crippen LogP contribution in [0.1, 0.15) is 29.3 Å². The predicted molar refractivity (Wildman–Crippen MR) is 84.9 cm³/mol. The zero-order valence-electron chi connectivity index (χ0n) is 11.9. The first-order valence-corrected chi connectivity index (χ1v) is 7.32. The lowest BCUT2D eigenvalue weighted by atomic mass is 10.2. The summed E-state index contributed by atoms with van der Waals surface area (Å²) < 4.78 is 5.70. The van der Waals surface area contributed by atoms with Crippen LogP contribution in [-0.4, -0.2) is 12.5 Å². The highest BCUT2D eigenvalue weighted by atomic mass is 35.5. The highest BCUT2D eigenvalue weighted by Crippen LogP contribution is 2.16. The Kier molecular flexibility index (Phi) is 5.64. The maximum Gasteiger partial charge on any atom is 0.251 e. The molecule has 3 nitrogen and oxygen atoms in total. The third-order valence-electron chi connectivity index (χ3n) is 2.95. The van der Waals surface area contributed by atoms with Crippen molar-refractivity contribution >= 4 is 17.5 Å². The van der Waals surface area contributed by atoms with Crippen LogP contribution in [0.15, 0.2) is 48.5 Å². The van der Waals surface area contributed by atoms with Crippen molar-refractivity contribution in [2.45, 2.75) is 20.0 Å². The van der Waals surface area contributed by atoms with E-state index < -0.39 is 0 Å². The molecular formula is C17H18ClNO2. The number of hydrogen-bond donors (Lipinski definition) is 1. The molecule has 0 unspecified atom stereocenters. The van der Waals surface area contributed by atoms with Gasteiger partial charge in [-0.3, -0.25) is 4.79 Å². The fourth-order valence-electron chi connectivity index (χ4n) is 1.82. The van der Waals surface area contributed by atoms with E-state index in [1.807, 2.05) is 43.3 Å². The van der Waals surface area contributed by atoms with Crippen molar-refractivity contribution in [1.82, 2.24) is 5.32 Å². The molecule has 0 fully saturated rings. The van der Waals surface area contributed by atoms with Crippen LogP contribution in [0.25, 0.3) is 0 Å². The van der Waals surface area contributed by atoms with Gasteiger partial charge in [-0.15, -0.1) is 0 Å². The zero-order valence-corrected chi connectivity index (χ0v) is 12.7. The van der Waals surface area contributed by atoms with E-state index in [1.165, 1.54) is 0 Å². The number of carbonyl (C=O) groups is 1. The Hall–Kier alpha value is -2.00. The number of nitrogens with one attached hydrogen (secondary N) is 1. The molecule has 21 heavy (non-hydrogen) atoms. The van der Waals surface area contributed by atoms with Crippen LogP contribution in [0.2, 0.25) is 5.02 Å². The fourth-order valence-corrected chi connectivity index (χ4v) is 1.94. The van der Waals surface area contributed by atoms with Gasteiger partial charge in [0.1, 0.15) is 12.4 Å². The lowest BCUT2D eigenvalue weighted by molar-refractivity contribution is 0.0953. The van der Waals surface area contributed by atoms with E-state index >= 15 is 0 Å². The van der Waals surface area contributed by atoms with Gasteiger partial charge in [-0.05, 0) is 42.3 Å². The van der Waals surface area contributed by atoms with Crippen molar-refractivity contribution in [1.29, 1.82) is 0 Å². The van der Waals surface area contributed by atoms with Crippen molar-refractivity contribution in [2.75, 3.05) is 6.54 Å². The highest BCUT2D eigenvalue weighted by molar-refractivity contribution is 6.30. The lowest BCUT2D eigenvalue weighted by Gasteiger charge is -2.08. The van der Waals surface area contributed by atoms with Crippen molar-refractivity contribution in [3.05, 3.63) is 64.7 Å². The third kappa shape index (κ3) is 4.80. The average molecular weight is 304 g/mol. The van der Waals surface area contributed by atoms with Gasteiger partial charge >= 0.3 is 0 Å². The second kappa shape index (κ2) is 7.70. The molecule has 110 valence electrons. The average Bonchev–Trinajstić information content (AvgIpc) is 2.52. The normalized spacial score (nSPS) is 10.2. The molecule has 0 aliphatic rings. The Labute approximate surface area is 129 Å². The van der Waals surface area contributed by atoms with Crippen LogP contribution in [0, 0.1) is 0 Å². The van der Waals surface area contributed by atoms with Gasteiger partial charge in [0.25, 0.3) is 5.91 Å². The third-order valence-corrected chi connectivity index (χ3v) is 3.20. The number of ether oxygens (including phenoxy) is 1. The number of benzene rings is 2. The molecule has 1 amide bonds. The summed E-state index contributed by atoms with van der Waals surface area (Å²) in [7, 11) is 0. The van der Waals surface area contributed by atoms with Crippen molar-refractivity contribution in [3.8, 4) is 5.75 Å². The lowest BCUT2D eigenvalue weighted by Crippen LogP contribution is -2.23. The molecule has 0 spiro atoms. The summed E-state index contributed by atoms with van der Waals surface area (Å²) in [6, 6.07) is 14.7. The number of hydrogen-bond acceptors (Lipinski definition) is 2. The van der Waals surface area contributed by atoms with Crippen molar-refractivity contribution in [2.24, 2.45) is 0 Å². The van der Waals surface area contributed by atoms with Crippen LogP contribution >= 0.6 is 11.6 Å². The monoisotopic (exact) mass is 303 g/mol. The molecule has 2 aromatic carbocycles. The summed E-state index contributed by atoms with van der Waals surface area (Å²) in [5.41, 5.74) is 1.64. The maximum atomic E-state index is 11.9. The minimum absolute atomic E-state index is 0.0752. The van der Waals surface area contributed by atoms with Crippen LogP contribution in [0.4, 0.5) is 0 Å². The Morgan fingerprint density at radius 1 is 1.19 bits per heavy atom. The minimum atomic E-state index is -0.0752. The zero-order chi connectivity index (χ0) is 15.1. The quantitative estimate of drug-likeness (QED) is 0.874. The van der Waals surface area contributed by atoms with Gasteiger partial charge in [0.15, 0.2) is 0 Å². The molecule has 1 N–H and O–H groups in total. The topological polar surface area (TPSA) is 38.3 Å². The SMILES string of the molecule is CCCNC(=O)c1cccc(OCc2ccc(Cl)cc2)c1. The number of amides is 1. The van der Waals surface area contributed by atoms with Crippen molar-refractivity contribution in [3.63, 3.8) is 0 Å². The molecule has 0 aromatic heterocycles. The predicted octanol–water partition coefficient (Wildman–Crippen LogP) is 4.06. The molecule has 0 bridgehead atoms. The van der Waals surface area contributed by atoms with E-state index in [1.54, 1.807) is 12.1 Å². The highest BCUT2D eigenvalue weighted by Gasteiger charge is 2.05. The molecule has 0 aliphatic carbocycles. The molecule has 4 heteroatoms. The van der Waals surface area contributed by atoms with Gasteiger partial charge in [0.2, 0.25) is 0 Å². The van der Waals surface area contributed by atoms with E-state index in [4.69, 9.17) is 16.3 Å². The van der Waals surface area contributed by atoms with E-state index in [9.17, 15) is 4.79 Å². The van der Waals surface area contributed by atoms with E-state index in [0.717, 1.165) is 12.0 Å². The van der Waals surface area contributed by atoms with Crippen molar-refractivity contribution < 1.29 is 9.53 Å². The molecular weight excluding hydrogens is 286 g/mol. The number of halogens is 1. The van der Waals surface area contributed by atoms with Gasteiger partial charge in [-0.1, -0.05) is 36.7 Å². The summed E-state index contributed by atoms with van der Waals surface area (Å²) in [6.07, 6.45) is 0.915. The molecule has 0 atom stereocenters. The second-order valence-corrected chi connectivity index (χ2v) is 5.14. The smallest absolute Gasteiger partial charge is 0.251 e. The Bertz CT molecular complexity index is 596. The molecule has 2 aromatic rings. The molecule has 0 aliphatic heterocycles. The summed E-state index contributed by atoms with van der Waals surface area (Å²) >= 11 is 5.84. The molecule has 0 saturated heterocycles. The Morgan fingerprint density at radius 3 is 2.67 bits per heavy atom. The fraction of sp³-hybridized carbons (Fsp3) is 0.235. The maximum absolute atomic E-state index is 11.9. The van der Waals surface area contributed by atoms with Gasteiger partial charge in [0.05, 0.1) is 0 Å². The molecule has 0 radical (unpaired) electrons. The minimum Gasteiger partial charge on any atom is -0.489 e. The Balaban J connectivity index is 1.97. The number of carbonyl (C=O) groups excluding carboxylic acids is 1. The second-order valence-electron chi connectivity index (χ2n) is 4.70. The first-order chi connectivity index (χ1) is 10.2. The van der Waals surface area contributed by atoms with Gasteiger partial charge in [-0.2, -0.15) is 0 Å². The van der Waals surface area contributed by atoms with Crippen LogP contribution in [0.5, 0.6) is 5.75 Å². The van der Waals surface area contributed by atoms with E-state index in [2.05, 4.69) is 5.32 Å². The van der Waals surface area contributed by atoms with Gasteiger partial charge in [-0.25, -0.2) is 0 Å². The first kappa shape index (κ1) is 15.4. The molecule has 0 saturated carbocycles. The first-order valence-electron chi connectivity index (χ1n) is 6.94. The van der Waals surface area contributed by atoms with Gasteiger partial charge in [0, 0.05) is 17.1 Å². The Morgan fingerprint density at radius 2 is 1.95 bits per heavy atom. The summed E-state index contributed by atoms with van der Waals surface area (Å²) in [5.74, 6) is 0.600. The molecule has 0 heterocycles. The van der Waals surface area contributed by atoms with Crippen LogP contribution in [-0.2, 0) is 6.61 Å². The van der Waals surface area contributed by atoms with Crippen LogP contribution in [0.3, 0.4) is 0 Å². The van der Waals surface area contributed by atoms with Crippen LogP contribution < -0.4 is 10.1 Å². The summed E-state index contributed by atoms with van der Waals surface area (Å²) in [6.45, 7) is 3.14. The van der Waals surface area contributed by atoms with Gasteiger partial charge < -0.3 is 10.1 Å². The number of rotatable bonds is 6.